The zero-order valence-electron chi connectivity index (χ0n) is 13.5. The second-order valence-electron chi connectivity index (χ2n) is 8.09. The van der Waals surface area contributed by atoms with Gasteiger partial charge in [-0.2, -0.15) is 5.10 Å². The highest BCUT2D eigenvalue weighted by molar-refractivity contribution is 5.32. The molecule has 1 heterocycles. The molecule has 2 unspecified atom stereocenters. The van der Waals surface area contributed by atoms with Crippen LogP contribution in [0.2, 0.25) is 0 Å². The largest absolute Gasteiger partial charge is 0.312 e. The number of rotatable bonds is 3. The van der Waals surface area contributed by atoms with Crippen molar-refractivity contribution in [2.75, 3.05) is 6.54 Å². The molecule has 1 saturated carbocycles. The first-order valence-corrected chi connectivity index (χ1v) is 7.37. The van der Waals surface area contributed by atoms with Crippen LogP contribution in [0.1, 0.15) is 65.1 Å². The highest BCUT2D eigenvalue weighted by atomic mass is 15.3. The standard InChI is InChI=1S/C16H29N3/c1-15(2,3)14-13(10-19(7)18-14)12-8-11(12)9-17-16(4,5)6/h10-12,17H,8-9H2,1-7H3. The summed E-state index contributed by atoms with van der Waals surface area (Å²) in [7, 11) is 2.03. The van der Waals surface area contributed by atoms with Crippen molar-refractivity contribution in [1.82, 2.24) is 15.1 Å². The van der Waals surface area contributed by atoms with Gasteiger partial charge in [0.2, 0.25) is 0 Å². The van der Waals surface area contributed by atoms with Crippen molar-refractivity contribution in [2.45, 2.75) is 64.8 Å². The first-order valence-electron chi connectivity index (χ1n) is 7.37. The SMILES string of the molecule is Cn1cc(C2CC2CNC(C)(C)C)c(C(C)(C)C)n1. The van der Waals surface area contributed by atoms with E-state index in [0.717, 1.165) is 12.5 Å². The molecule has 1 aromatic heterocycles. The van der Waals surface area contributed by atoms with E-state index in [0.29, 0.717) is 5.92 Å². The van der Waals surface area contributed by atoms with E-state index in [-0.39, 0.29) is 11.0 Å². The van der Waals surface area contributed by atoms with Gasteiger partial charge >= 0.3 is 0 Å². The fourth-order valence-electron chi connectivity index (χ4n) is 2.65. The smallest absolute Gasteiger partial charge is 0.0712 e. The third kappa shape index (κ3) is 3.59. The van der Waals surface area contributed by atoms with Crippen LogP contribution in [0.4, 0.5) is 0 Å². The fourth-order valence-corrected chi connectivity index (χ4v) is 2.65. The Balaban J connectivity index is 2.05. The van der Waals surface area contributed by atoms with E-state index in [9.17, 15) is 0 Å². The second-order valence-corrected chi connectivity index (χ2v) is 8.09. The summed E-state index contributed by atoms with van der Waals surface area (Å²) < 4.78 is 1.97. The molecule has 0 aromatic carbocycles. The van der Waals surface area contributed by atoms with E-state index in [1.807, 2.05) is 11.7 Å². The Labute approximate surface area is 117 Å². The van der Waals surface area contributed by atoms with Gasteiger partial charge in [-0.3, -0.25) is 4.68 Å². The molecule has 0 saturated heterocycles. The van der Waals surface area contributed by atoms with Crippen LogP contribution in [0.15, 0.2) is 6.20 Å². The third-order valence-corrected chi connectivity index (χ3v) is 3.78. The maximum Gasteiger partial charge on any atom is 0.0712 e. The van der Waals surface area contributed by atoms with Crippen LogP contribution in [-0.4, -0.2) is 21.9 Å². The Morgan fingerprint density at radius 1 is 1.26 bits per heavy atom. The van der Waals surface area contributed by atoms with Crippen LogP contribution in [-0.2, 0) is 12.5 Å². The van der Waals surface area contributed by atoms with E-state index in [1.165, 1.54) is 17.7 Å². The average molecular weight is 263 g/mol. The Morgan fingerprint density at radius 3 is 2.42 bits per heavy atom. The molecule has 0 amide bonds. The normalized spacial score (nSPS) is 23.7. The molecule has 1 fully saturated rings. The van der Waals surface area contributed by atoms with Crippen LogP contribution in [0, 0.1) is 5.92 Å². The topological polar surface area (TPSA) is 29.9 Å². The summed E-state index contributed by atoms with van der Waals surface area (Å²) in [6.45, 7) is 14.6. The molecule has 1 N–H and O–H groups in total. The van der Waals surface area contributed by atoms with Gasteiger partial charge < -0.3 is 5.32 Å². The molecule has 19 heavy (non-hydrogen) atoms. The quantitative estimate of drug-likeness (QED) is 0.907. The number of nitrogens with one attached hydrogen (secondary N) is 1. The Morgan fingerprint density at radius 2 is 1.89 bits per heavy atom. The molecule has 0 radical (unpaired) electrons. The van der Waals surface area contributed by atoms with Crippen molar-refractivity contribution in [3.63, 3.8) is 0 Å². The van der Waals surface area contributed by atoms with Crippen molar-refractivity contribution in [1.29, 1.82) is 0 Å². The molecule has 2 rings (SSSR count). The van der Waals surface area contributed by atoms with E-state index >= 15 is 0 Å². The molecular formula is C16H29N3. The number of hydrogen-bond acceptors (Lipinski definition) is 2. The van der Waals surface area contributed by atoms with Crippen molar-refractivity contribution >= 4 is 0 Å². The molecule has 0 bridgehead atoms. The zero-order valence-corrected chi connectivity index (χ0v) is 13.5. The zero-order chi connectivity index (χ0) is 14.4. The van der Waals surface area contributed by atoms with Crippen molar-refractivity contribution in [3.8, 4) is 0 Å². The van der Waals surface area contributed by atoms with Gasteiger partial charge in [0.25, 0.3) is 0 Å². The van der Waals surface area contributed by atoms with Crippen LogP contribution in [0.25, 0.3) is 0 Å². The lowest BCUT2D eigenvalue weighted by Crippen LogP contribution is -2.37. The highest BCUT2D eigenvalue weighted by Crippen LogP contribution is 2.49. The summed E-state index contributed by atoms with van der Waals surface area (Å²) in [5.41, 5.74) is 3.10. The molecule has 1 aliphatic carbocycles. The lowest BCUT2D eigenvalue weighted by molar-refractivity contribution is 0.414. The monoisotopic (exact) mass is 263 g/mol. The van der Waals surface area contributed by atoms with Gasteiger partial charge in [-0.05, 0) is 51.1 Å². The van der Waals surface area contributed by atoms with Crippen molar-refractivity contribution in [3.05, 3.63) is 17.5 Å². The minimum Gasteiger partial charge on any atom is -0.312 e. The van der Waals surface area contributed by atoms with Gasteiger partial charge in [0.05, 0.1) is 5.69 Å². The number of nitrogens with zero attached hydrogens (tertiary/aromatic N) is 2. The van der Waals surface area contributed by atoms with E-state index < -0.39 is 0 Å². The van der Waals surface area contributed by atoms with Crippen molar-refractivity contribution < 1.29 is 0 Å². The molecule has 0 aliphatic heterocycles. The summed E-state index contributed by atoms with van der Waals surface area (Å²) >= 11 is 0. The van der Waals surface area contributed by atoms with Gasteiger partial charge in [-0.25, -0.2) is 0 Å². The summed E-state index contributed by atoms with van der Waals surface area (Å²) in [5.74, 6) is 1.49. The average Bonchev–Trinajstić information content (AvgIpc) is 2.88. The molecule has 1 aliphatic rings. The Bertz CT molecular complexity index is 446. The van der Waals surface area contributed by atoms with Gasteiger partial charge in [0.15, 0.2) is 0 Å². The van der Waals surface area contributed by atoms with Crippen LogP contribution < -0.4 is 5.32 Å². The minimum atomic E-state index is 0.140. The number of aromatic nitrogens is 2. The van der Waals surface area contributed by atoms with E-state index in [2.05, 4.69) is 58.2 Å². The van der Waals surface area contributed by atoms with E-state index in [1.54, 1.807) is 0 Å². The second kappa shape index (κ2) is 4.62. The molecule has 1 aromatic rings. The highest BCUT2D eigenvalue weighted by Gasteiger charge is 2.42. The number of aryl methyl sites for hydroxylation is 1. The predicted molar refractivity (Wildman–Crippen MR) is 80.5 cm³/mol. The maximum absolute atomic E-state index is 4.68. The third-order valence-electron chi connectivity index (χ3n) is 3.78. The maximum atomic E-state index is 4.68. The van der Waals surface area contributed by atoms with Crippen LogP contribution in [0.3, 0.4) is 0 Å². The van der Waals surface area contributed by atoms with Crippen LogP contribution >= 0.6 is 0 Å². The first-order chi connectivity index (χ1) is 8.58. The van der Waals surface area contributed by atoms with Crippen molar-refractivity contribution in [2.24, 2.45) is 13.0 Å². The van der Waals surface area contributed by atoms with Gasteiger partial charge in [0.1, 0.15) is 0 Å². The number of hydrogen-bond donors (Lipinski definition) is 1. The fraction of sp³-hybridized carbons (Fsp3) is 0.812. The van der Waals surface area contributed by atoms with Crippen LogP contribution in [0.5, 0.6) is 0 Å². The summed E-state index contributed by atoms with van der Waals surface area (Å²) in [6.07, 6.45) is 3.53. The molecule has 3 heteroatoms. The summed E-state index contributed by atoms with van der Waals surface area (Å²) in [5, 5.41) is 8.30. The Hall–Kier alpha value is -0.830. The van der Waals surface area contributed by atoms with Gasteiger partial charge in [-0.15, -0.1) is 0 Å². The lowest BCUT2D eigenvalue weighted by atomic mass is 9.88. The molecule has 3 nitrogen and oxygen atoms in total. The summed E-state index contributed by atoms with van der Waals surface area (Å²) in [6, 6.07) is 0. The predicted octanol–water partition coefficient (Wildman–Crippen LogP) is 3.21. The van der Waals surface area contributed by atoms with Gasteiger partial charge in [0, 0.05) is 24.2 Å². The molecule has 0 spiro atoms. The molecule has 2 atom stereocenters. The minimum absolute atomic E-state index is 0.140. The Kier molecular flexibility index (Phi) is 3.54. The molecule has 108 valence electrons. The van der Waals surface area contributed by atoms with Gasteiger partial charge in [-0.1, -0.05) is 20.8 Å². The van der Waals surface area contributed by atoms with E-state index in [4.69, 9.17) is 0 Å². The molecular weight excluding hydrogens is 234 g/mol. The first kappa shape index (κ1) is 14.6. The lowest BCUT2D eigenvalue weighted by Gasteiger charge is -2.21. The summed E-state index contributed by atoms with van der Waals surface area (Å²) in [4.78, 5) is 0.